The Morgan fingerprint density at radius 3 is 2.36 bits per heavy atom. The first-order chi connectivity index (χ1) is 4.88. The van der Waals surface area contributed by atoms with E-state index in [9.17, 15) is 8.42 Å². The topological polar surface area (TPSA) is 61.2 Å². The second kappa shape index (κ2) is 3.69. The summed E-state index contributed by atoms with van der Waals surface area (Å²) in [5.41, 5.74) is 0. The van der Waals surface area contributed by atoms with E-state index in [0.29, 0.717) is 0 Å². The average molecular weight is 176 g/mol. The minimum atomic E-state index is -3.13. The molecule has 0 aliphatic carbocycles. The molecule has 64 valence electrons. The Morgan fingerprint density at radius 2 is 2.09 bits per heavy atom. The van der Waals surface area contributed by atoms with Gasteiger partial charge in [-0.15, -0.1) is 0 Å². The van der Waals surface area contributed by atoms with Crippen molar-refractivity contribution in [2.45, 2.75) is 6.92 Å². The van der Waals surface area contributed by atoms with Gasteiger partial charge in [0.2, 0.25) is 10.0 Å². The zero-order valence-corrected chi connectivity index (χ0v) is 7.72. The average Bonchev–Trinajstić information content (AvgIpc) is 1.85. The van der Waals surface area contributed by atoms with Gasteiger partial charge < -0.3 is 0 Å². The highest BCUT2D eigenvalue weighted by molar-refractivity contribution is 7.88. The molecule has 0 rings (SSSR count). The summed E-state index contributed by atoms with van der Waals surface area (Å²) >= 11 is 0. The van der Waals surface area contributed by atoms with Gasteiger partial charge in [0.15, 0.2) is 0 Å². The second-order valence-electron chi connectivity index (χ2n) is 2.57. The fraction of sp³-hybridized carbons (Fsp3) is 0.833. The maximum atomic E-state index is 10.8. The highest BCUT2D eigenvalue weighted by Gasteiger charge is 2.13. The fourth-order valence-corrected chi connectivity index (χ4v) is 1.06. The molecule has 0 unspecified atom stereocenters. The van der Waals surface area contributed by atoms with E-state index in [-0.39, 0.29) is 12.5 Å². The summed E-state index contributed by atoms with van der Waals surface area (Å²) in [5.74, 6) is -0.255. The van der Waals surface area contributed by atoms with Crippen molar-refractivity contribution >= 4 is 10.0 Å². The van der Waals surface area contributed by atoms with Crippen LogP contribution in [0.3, 0.4) is 0 Å². The van der Waals surface area contributed by atoms with Crippen molar-refractivity contribution in [2.75, 3.05) is 19.8 Å². The van der Waals surface area contributed by atoms with Crippen LogP contribution >= 0.6 is 0 Å². The van der Waals surface area contributed by atoms with Crippen molar-refractivity contribution in [1.82, 2.24) is 4.31 Å². The Hall–Kier alpha value is -0.600. The molecule has 0 fully saturated rings. The second-order valence-corrected chi connectivity index (χ2v) is 4.66. The van der Waals surface area contributed by atoms with Gasteiger partial charge in [0.25, 0.3) is 0 Å². The number of nitriles is 1. The smallest absolute Gasteiger partial charge is 0.210 e. The zero-order valence-electron chi connectivity index (χ0n) is 6.90. The maximum Gasteiger partial charge on any atom is 0.210 e. The first-order valence-electron chi connectivity index (χ1n) is 3.19. The van der Waals surface area contributed by atoms with Crippen LogP contribution in [0.4, 0.5) is 0 Å². The summed E-state index contributed by atoms with van der Waals surface area (Å²) in [7, 11) is -1.66. The van der Waals surface area contributed by atoms with E-state index in [0.717, 1.165) is 6.26 Å². The van der Waals surface area contributed by atoms with Crippen molar-refractivity contribution in [3.05, 3.63) is 0 Å². The van der Waals surface area contributed by atoms with Crippen LogP contribution in [-0.4, -0.2) is 32.6 Å². The van der Waals surface area contributed by atoms with Gasteiger partial charge in [-0.3, -0.25) is 0 Å². The molecule has 0 aliphatic heterocycles. The molecule has 11 heavy (non-hydrogen) atoms. The van der Waals surface area contributed by atoms with E-state index in [1.54, 1.807) is 6.92 Å². The third kappa shape index (κ3) is 3.96. The number of nitrogens with zero attached hydrogens (tertiary/aromatic N) is 2. The lowest BCUT2D eigenvalue weighted by atomic mass is 10.2. The zero-order chi connectivity index (χ0) is 9.07. The molecule has 0 radical (unpaired) electrons. The van der Waals surface area contributed by atoms with Gasteiger partial charge in [-0.25, -0.2) is 12.7 Å². The molecule has 0 aromatic rings. The van der Waals surface area contributed by atoms with Crippen LogP contribution < -0.4 is 0 Å². The SMILES string of the molecule is C[C@@H](C#N)CN(C)S(C)(=O)=O. The lowest BCUT2D eigenvalue weighted by molar-refractivity contribution is 0.443. The predicted octanol–water partition coefficient (Wildman–Crippen LogP) is 0.0375. The molecule has 0 bridgehead atoms. The number of hydrogen-bond donors (Lipinski definition) is 0. The molecule has 1 atom stereocenters. The van der Waals surface area contributed by atoms with E-state index >= 15 is 0 Å². The molecule has 0 aromatic carbocycles. The molecule has 0 amide bonds. The predicted molar refractivity (Wildman–Crippen MR) is 42.3 cm³/mol. The van der Waals surface area contributed by atoms with Crippen molar-refractivity contribution in [2.24, 2.45) is 5.92 Å². The van der Waals surface area contributed by atoms with Gasteiger partial charge in [-0.05, 0) is 6.92 Å². The summed E-state index contributed by atoms with van der Waals surface area (Å²) in [5, 5.41) is 8.38. The Labute approximate surface area is 67.5 Å². The molecular weight excluding hydrogens is 164 g/mol. The lowest BCUT2D eigenvalue weighted by Crippen LogP contribution is -2.29. The molecule has 0 aromatic heterocycles. The Bertz CT molecular complexity index is 252. The molecule has 0 spiro atoms. The van der Waals surface area contributed by atoms with Crippen LogP contribution in [0, 0.1) is 17.2 Å². The van der Waals surface area contributed by atoms with Crippen LogP contribution in [0.5, 0.6) is 0 Å². The molecule has 0 N–H and O–H groups in total. The molecule has 0 saturated heterocycles. The van der Waals surface area contributed by atoms with Crippen molar-refractivity contribution < 1.29 is 8.42 Å². The first kappa shape index (κ1) is 10.4. The highest BCUT2D eigenvalue weighted by atomic mass is 32.2. The van der Waals surface area contributed by atoms with Gasteiger partial charge in [0.05, 0.1) is 18.2 Å². The molecular formula is C6H12N2O2S. The normalized spacial score (nSPS) is 14.5. The van der Waals surface area contributed by atoms with Crippen LogP contribution in [0.15, 0.2) is 0 Å². The summed E-state index contributed by atoms with van der Waals surface area (Å²) in [6.07, 6.45) is 1.12. The van der Waals surface area contributed by atoms with E-state index in [1.807, 2.05) is 6.07 Å². The van der Waals surface area contributed by atoms with Gasteiger partial charge in [-0.1, -0.05) is 0 Å². The lowest BCUT2D eigenvalue weighted by Gasteiger charge is -2.14. The van der Waals surface area contributed by atoms with Crippen molar-refractivity contribution in [3.8, 4) is 6.07 Å². The van der Waals surface area contributed by atoms with Crippen molar-refractivity contribution in [1.29, 1.82) is 5.26 Å². The van der Waals surface area contributed by atoms with Crippen LogP contribution in [0.2, 0.25) is 0 Å². The van der Waals surface area contributed by atoms with Crippen LogP contribution in [-0.2, 0) is 10.0 Å². The standard InChI is InChI=1S/C6H12N2O2S/c1-6(4-7)5-8(2)11(3,9)10/h6H,5H2,1-3H3/t6-/m0/s1. The summed E-state index contributed by atoms with van der Waals surface area (Å²) in [4.78, 5) is 0. The third-order valence-electron chi connectivity index (χ3n) is 1.32. The number of hydrogen-bond acceptors (Lipinski definition) is 3. The number of rotatable bonds is 3. The summed E-state index contributed by atoms with van der Waals surface area (Å²) < 4.78 is 22.8. The molecule has 4 nitrogen and oxygen atoms in total. The Balaban J connectivity index is 4.12. The first-order valence-corrected chi connectivity index (χ1v) is 5.03. The number of sulfonamides is 1. The van der Waals surface area contributed by atoms with E-state index in [4.69, 9.17) is 5.26 Å². The van der Waals surface area contributed by atoms with Gasteiger partial charge in [0.1, 0.15) is 0 Å². The highest BCUT2D eigenvalue weighted by Crippen LogP contribution is 1.99. The molecule has 5 heteroatoms. The Kier molecular flexibility index (Phi) is 3.49. The van der Waals surface area contributed by atoms with Gasteiger partial charge in [-0.2, -0.15) is 5.26 Å². The minimum Gasteiger partial charge on any atom is -0.213 e. The van der Waals surface area contributed by atoms with Gasteiger partial charge in [0, 0.05) is 13.6 Å². The Morgan fingerprint density at radius 1 is 1.64 bits per heavy atom. The minimum absolute atomic E-state index is 0.255. The molecule has 0 heterocycles. The summed E-state index contributed by atoms with van der Waals surface area (Å²) in [6.45, 7) is 1.94. The maximum absolute atomic E-state index is 10.8. The largest absolute Gasteiger partial charge is 0.213 e. The van der Waals surface area contributed by atoms with E-state index in [2.05, 4.69) is 0 Å². The fourth-order valence-electron chi connectivity index (χ4n) is 0.562. The van der Waals surface area contributed by atoms with E-state index < -0.39 is 10.0 Å². The monoisotopic (exact) mass is 176 g/mol. The molecule has 0 saturated carbocycles. The van der Waals surface area contributed by atoms with Crippen LogP contribution in [0.25, 0.3) is 0 Å². The van der Waals surface area contributed by atoms with Crippen molar-refractivity contribution in [3.63, 3.8) is 0 Å². The van der Waals surface area contributed by atoms with E-state index in [1.165, 1.54) is 11.4 Å². The summed E-state index contributed by atoms with van der Waals surface area (Å²) in [6, 6.07) is 1.96. The van der Waals surface area contributed by atoms with Crippen LogP contribution in [0.1, 0.15) is 6.92 Å². The van der Waals surface area contributed by atoms with Gasteiger partial charge >= 0.3 is 0 Å². The molecule has 0 aliphatic rings. The third-order valence-corrected chi connectivity index (χ3v) is 2.60. The quantitative estimate of drug-likeness (QED) is 0.610.